The number of hydrogen-bond acceptors (Lipinski definition) is 5. The molecule has 2 aromatic rings. The second-order valence-corrected chi connectivity index (χ2v) is 10.0. The van der Waals surface area contributed by atoms with Crippen molar-refractivity contribution in [2.75, 3.05) is 31.2 Å². The van der Waals surface area contributed by atoms with E-state index in [1.165, 1.54) is 37.8 Å². The molecule has 34 heavy (non-hydrogen) atoms. The summed E-state index contributed by atoms with van der Waals surface area (Å²) in [6.07, 6.45) is 5.61. The first-order valence-corrected chi connectivity index (χ1v) is 12.6. The van der Waals surface area contributed by atoms with Crippen LogP contribution in [0.5, 0.6) is 0 Å². The maximum absolute atomic E-state index is 13.5. The first-order valence-electron chi connectivity index (χ1n) is 11.8. The SMILES string of the molecule is O=C(NN1CCN(C2CCCC2)CC1)C1=NN(c2ccc(Cl)cc2Cl)C(c2ccc(F)cc2)C1. The zero-order chi connectivity index (χ0) is 23.7. The van der Waals surface area contributed by atoms with Gasteiger partial charge in [0.25, 0.3) is 5.91 Å². The number of hydrazone groups is 1. The molecule has 1 aliphatic carbocycles. The fourth-order valence-electron chi connectivity index (χ4n) is 5.16. The molecule has 2 fully saturated rings. The molecule has 1 atom stereocenters. The summed E-state index contributed by atoms with van der Waals surface area (Å²) >= 11 is 12.5. The summed E-state index contributed by atoms with van der Waals surface area (Å²) < 4.78 is 13.5. The van der Waals surface area contributed by atoms with Crippen LogP contribution < -0.4 is 10.4 Å². The number of hydrogen-bond donors (Lipinski definition) is 1. The van der Waals surface area contributed by atoms with E-state index in [0.717, 1.165) is 31.7 Å². The number of piperazine rings is 1. The van der Waals surface area contributed by atoms with Crippen molar-refractivity contribution in [1.29, 1.82) is 0 Å². The Morgan fingerprint density at radius 1 is 1.00 bits per heavy atom. The van der Waals surface area contributed by atoms with Crippen molar-refractivity contribution >= 4 is 40.5 Å². The second-order valence-electron chi connectivity index (χ2n) is 9.16. The van der Waals surface area contributed by atoms with Gasteiger partial charge in [-0.1, -0.05) is 48.2 Å². The summed E-state index contributed by atoms with van der Waals surface area (Å²) in [4.78, 5) is 15.7. The van der Waals surface area contributed by atoms with E-state index in [1.807, 2.05) is 5.01 Å². The molecule has 0 aromatic heterocycles. The van der Waals surface area contributed by atoms with Crippen LogP contribution in [0.2, 0.25) is 10.0 Å². The Hall–Kier alpha value is -2.19. The van der Waals surface area contributed by atoms with Gasteiger partial charge in [-0.25, -0.2) is 9.40 Å². The molecule has 9 heteroatoms. The van der Waals surface area contributed by atoms with Gasteiger partial charge in [-0.05, 0) is 48.7 Å². The topological polar surface area (TPSA) is 51.2 Å². The van der Waals surface area contributed by atoms with Crippen LogP contribution in [-0.4, -0.2) is 53.7 Å². The van der Waals surface area contributed by atoms with Crippen molar-refractivity contribution in [3.63, 3.8) is 0 Å². The lowest BCUT2D eigenvalue weighted by molar-refractivity contribution is -0.120. The van der Waals surface area contributed by atoms with Gasteiger partial charge in [0.05, 0.1) is 16.8 Å². The van der Waals surface area contributed by atoms with E-state index in [-0.39, 0.29) is 17.8 Å². The summed E-state index contributed by atoms with van der Waals surface area (Å²) in [6.45, 7) is 3.51. The van der Waals surface area contributed by atoms with E-state index in [1.54, 1.807) is 35.3 Å². The van der Waals surface area contributed by atoms with Crippen LogP contribution in [0.3, 0.4) is 0 Å². The average molecular weight is 504 g/mol. The predicted molar refractivity (Wildman–Crippen MR) is 134 cm³/mol. The molecule has 1 saturated heterocycles. The van der Waals surface area contributed by atoms with Gasteiger partial charge < -0.3 is 0 Å². The van der Waals surface area contributed by atoms with Gasteiger partial charge in [0.2, 0.25) is 0 Å². The molecular weight excluding hydrogens is 476 g/mol. The second kappa shape index (κ2) is 10.2. The van der Waals surface area contributed by atoms with Gasteiger partial charge >= 0.3 is 0 Å². The molecule has 2 aromatic carbocycles. The molecule has 3 aliphatic rings. The Kier molecular flexibility index (Phi) is 7.06. The molecule has 0 spiro atoms. The lowest BCUT2D eigenvalue weighted by atomic mass is 10.0. The summed E-state index contributed by atoms with van der Waals surface area (Å²) in [5, 5.41) is 9.33. The van der Waals surface area contributed by atoms with E-state index in [0.29, 0.717) is 33.9 Å². The van der Waals surface area contributed by atoms with Crippen LogP contribution in [-0.2, 0) is 4.79 Å². The fourth-order valence-corrected chi connectivity index (χ4v) is 5.65. The first-order chi connectivity index (χ1) is 16.5. The van der Waals surface area contributed by atoms with Crippen molar-refractivity contribution < 1.29 is 9.18 Å². The van der Waals surface area contributed by atoms with E-state index in [4.69, 9.17) is 23.2 Å². The maximum Gasteiger partial charge on any atom is 0.281 e. The number of carbonyl (C=O) groups excluding carboxylic acids is 1. The molecule has 0 bridgehead atoms. The smallest absolute Gasteiger partial charge is 0.281 e. The number of amides is 1. The Morgan fingerprint density at radius 3 is 2.38 bits per heavy atom. The largest absolute Gasteiger partial charge is 0.298 e. The van der Waals surface area contributed by atoms with Crippen LogP contribution in [0.25, 0.3) is 0 Å². The Bertz CT molecular complexity index is 1070. The Balaban J connectivity index is 1.30. The highest BCUT2D eigenvalue weighted by Crippen LogP contribution is 2.39. The standard InChI is InChI=1S/C25H28Cl2FN5O/c26-18-7-10-23(21(27)15-18)33-24(17-5-8-19(28)9-6-17)16-22(29-33)25(34)30-32-13-11-31(12-14-32)20-3-1-2-4-20/h5-10,15,20,24H,1-4,11-14,16H2,(H,30,34). The normalized spacial score (nSPS) is 22.3. The van der Waals surface area contributed by atoms with Crippen LogP contribution in [0.4, 0.5) is 10.1 Å². The van der Waals surface area contributed by atoms with Gasteiger partial charge in [-0.2, -0.15) is 5.10 Å². The molecule has 6 nitrogen and oxygen atoms in total. The molecule has 5 rings (SSSR count). The van der Waals surface area contributed by atoms with Crippen LogP contribution in [0.15, 0.2) is 47.6 Å². The molecule has 1 saturated carbocycles. The summed E-state index contributed by atoms with van der Waals surface area (Å²) in [6, 6.07) is 11.9. The van der Waals surface area contributed by atoms with Gasteiger partial charge in [0.15, 0.2) is 0 Å². The van der Waals surface area contributed by atoms with Crippen molar-refractivity contribution in [3.8, 4) is 0 Å². The maximum atomic E-state index is 13.5. The Morgan fingerprint density at radius 2 is 1.71 bits per heavy atom. The number of halogens is 3. The predicted octanol–water partition coefficient (Wildman–Crippen LogP) is 5.03. The molecule has 1 N–H and O–H groups in total. The van der Waals surface area contributed by atoms with Crippen molar-refractivity contribution in [3.05, 3.63) is 63.9 Å². The van der Waals surface area contributed by atoms with Crippen LogP contribution in [0.1, 0.15) is 43.7 Å². The van der Waals surface area contributed by atoms with E-state index < -0.39 is 0 Å². The molecule has 2 aliphatic heterocycles. The summed E-state index contributed by atoms with van der Waals surface area (Å²) in [5.41, 5.74) is 4.96. The highest BCUT2D eigenvalue weighted by Gasteiger charge is 2.34. The first kappa shape index (κ1) is 23.5. The molecule has 1 amide bonds. The average Bonchev–Trinajstić information content (AvgIpc) is 3.51. The number of benzene rings is 2. The quantitative estimate of drug-likeness (QED) is 0.621. The van der Waals surface area contributed by atoms with E-state index in [2.05, 4.69) is 15.4 Å². The molecule has 2 heterocycles. The highest BCUT2D eigenvalue weighted by molar-refractivity contribution is 6.40. The van der Waals surface area contributed by atoms with E-state index >= 15 is 0 Å². The number of nitrogens with one attached hydrogen (secondary N) is 1. The number of anilines is 1. The van der Waals surface area contributed by atoms with Gasteiger partial charge in [0.1, 0.15) is 11.5 Å². The van der Waals surface area contributed by atoms with Crippen LogP contribution in [0, 0.1) is 5.82 Å². The third kappa shape index (κ3) is 5.08. The monoisotopic (exact) mass is 503 g/mol. The van der Waals surface area contributed by atoms with Crippen molar-refractivity contribution in [2.45, 2.75) is 44.2 Å². The lowest BCUT2D eigenvalue weighted by Gasteiger charge is -2.37. The summed E-state index contributed by atoms with van der Waals surface area (Å²) in [5.74, 6) is -0.525. The third-order valence-electron chi connectivity index (χ3n) is 7.00. The summed E-state index contributed by atoms with van der Waals surface area (Å²) in [7, 11) is 0. The van der Waals surface area contributed by atoms with Crippen LogP contribution >= 0.6 is 23.2 Å². The zero-order valence-electron chi connectivity index (χ0n) is 18.9. The molecule has 1 unspecified atom stereocenters. The molecule has 0 radical (unpaired) electrons. The third-order valence-corrected chi connectivity index (χ3v) is 7.54. The van der Waals surface area contributed by atoms with Crippen molar-refractivity contribution in [1.82, 2.24) is 15.3 Å². The minimum absolute atomic E-state index is 0.214. The molecule has 180 valence electrons. The molecular formula is C25H28Cl2FN5O. The zero-order valence-corrected chi connectivity index (χ0v) is 20.4. The van der Waals surface area contributed by atoms with Gasteiger partial charge in [-0.15, -0.1) is 0 Å². The lowest BCUT2D eigenvalue weighted by Crippen LogP contribution is -2.56. The fraction of sp³-hybridized carbons (Fsp3) is 0.440. The minimum atomic E-state index is -0.312. The highest BCUT2D eigenvalue weighted by atomic mass is 35.5. The number of nitrogens with zero attached hydrogens (tertiary/aromatic N) is 4. The van der Waals surface area contributed by atoms with Gasteiger partial charge in [0, 0.05) is 43.7 Å². The number of rotatable bonds is 5. The van der Waals surface area contributed by atoms with Gasteiger partial charge in [-0.3, -0.25) is 20.1 Å². The van der Waals surface area contributed by atoms with Crippen molar-refractivity contribution in [2.24, 2.45) is 5.10 Å². The Labute approximate surface area is 209 Å². The number of hydrazine groups is 1. The number of carbonyl (C=O) groups is 1. The minimum Gasteiger partial charge on any atom is -0.298 e. The van der Waals surface area contributed by atoms with E-state index in [9.17, 15) is 9.18 Å².